The standard InChI is InChI=1S/C7H13NO8S/c9-1-3-4(10)5(11)6(12)7(16-3)2-15-17(13,14)8-7/h3-6,8-12H,1-2H2/t3?,4-,5?,6?,7+/m1/s1. The summed E-state index contributed by atoms with van der Waals surface area (Å²) in [6, 6.07) is 0. The van der Waals surface area contributed by atoms with E-state index in [9.17, 15) is 23.7 Å². The van der Waals surface area contributed by atoms with Gasteiger partial charge in [-0.1, -0.05) is 0 Å². The van der Waals surface area contributed by atoms with Crippen LogP contribution >= 0.6 is 0 Å². The fourth-order valence-electron chi connectivity index (χ4n) is 1.88. The summed E-state index contributed by atoms with van der Waals surface area (Å²) in [6.45, 7) is -1.20. The summed E-state index contributed by atoms with van der Waals surface area (Å²) in [7, 11) is -4.07. The van der Waals surface area contributed by atoms with Gasteiger partial charge in [0.05, 0.1) is 6.61 Å². The Labute approximate surface area is 96.8 Å². The molecule has 0 aliphatic carbocycles. The normalized spacial score (nSPS) is 49.6. The van der Waals surface area contributed by atoms with E-state index in [1.165, 1.54) is 0 Å². The van der Waals surface area contributed by atoms with Crippen LogP contribution in [0.4, 0.5) is 0 Å². The van der Waals surface area contributed by atoms with E-state index >= 15 is 0 Å². The Balaban J connectivity index is 2.29. The van der Waals surface area contributed by atoms with Crippen LogP contribution in [0.3, 0.4) is 0 Å². The van der Waals surface area contributed by atoms with Gasteiger partial charge in [0.1, 0.15) is 31.0 Å². The predicted molar refractivity (Wildman–Crippen MR) is 50.7 cm³/mol. The van der Waals surface area contributed by atoms with E-state index in [0.29, 0.717) is 0 Å². The quantitative estimate of drug-likeness (QED) is 0.324. The number of nitrogens with one attached hydrogen (secondary N) is 1. The molecule has 2 aliphatic rings. The van der Waals surface area contributed by atoms with Gasteiger partial charge in [-0.25, -0.2) is 0 Å². The summed E-state index contributed by atoms with van der Waals surface area (Å²) in [4.78, 5) is 0. The van der Waals surface area contributed by atoms with Gasteiger partial charge in [-0.15, -0.1) is 0 Å². The van der Waals surface area contributed by atoms with Crippen LogP contribution in [0, 0.1) is 0 Å². The van der Waals surface area contributed by atoms with Crippen LogP contribution in [0.5, 0.6) is 0 Å². The Kier molecular flexibility index (Phi) is 3.16. The second kappa shape index (κ2) is 4.10. The van der Waals surface area contributed by atoms with Crippen LogP contribution in [-0.4, -0.2) is 72.2 Å². The first kappa shape index (κ1) is 13.1. The smallest absolute Gasteiger partial charge is 0.338 e. The minimum atomic E-state index is -4.07. The Hall–Kier alpha value is -0.330. The van der Waals surface area contributed by atoms with Crippen LogP contribution in [0.15, 0.2) is 0 Å². The van der Waals surface area contributed by atoms with Crippen LogP contribution in [0.2, 0.25) is 0 Å². The summed E-state index contributed by atoms with van der Waals surface area (Å²) < 4.78 is 33.6. The molecular formula is C7H13NO8S. The van der Waals surface area contributed by atoms with Crippen molar-refractivity contribution in [2.45, 2.75) is 30.1 Å². The van der Waals surface area contributed by atoms with Crippen molar-refractivity contribution in [3.8, 4) is 0 Å². The Morgan fingerprint density at radius 3 is 2.41 bits per heavy atom. The van der Waals surface area contributed by atoms with Gasteiger partial charge in [0.2, 0.25) is 0 Å². The number of hydrogen-bond acceptors (Lipinski definition) is 8. The third kappa shape index (κ3) is 2.06. The molecule has 17 heavy (non-hydrogen) atoms. The summed E-state index contributed by atoms with van der Waals surface area (Å²) in [5, 5.41) is 37.7. The van der Waals surface area contributed by atoms with Gasteiger partial charge in [-0.05, 0) is 0 Å². The first-order chi connectivity index (χ1) is 7.81. The number of hydrogen-bond donors (Lipinski definition) is 5. The molecular weight excluding hydrogens is 258 g/mol. The molecule has 9 nitrogen and oxygen atoms in total. The Morgan fingerprint density at radius 2 is 1.94 bits per heavy atom. The van der Waals surface area contributed by atoms with Crippen LogP contribution in [0.25, 0.3) is 0 Å². The lowest BCUT2D eigenvalue weighted by Crippen LogP contribution is -2.70. The van der Waals surface area contributed by atoms with E-state index in [1.807, 2.05) is 4.72 Å². The van der Waals surface area contributed by atoms with Crippen molar-refractivity contribution in [2.75, 3.05) is 13.2 Å². The lowest BCUT2D eigenvalue weighted by atomic mass is 9.91. The van der Waals surface area contributed by atoms with E-state index < -0.39 is 53.7 Å². The SMILES string of the molecule is O=S1(=O)N[C@@]2(CO1)OC(CO)[C@@H](O)C(O)C2O. The maximum Gasteiger partial charge on any atom is 0.338 e. The Morgan fingerprint density at radius 1 is 1.29 bits per heavy atom. The first-order valence-electron chi connectivity index (χ1n) is 4.82. The minimum Gasteiger partial charge on any atom is -0.394 e. The molecule has 2 heterocycles. The maximum atomic E-state index is 11.1. The van der Waals surface area contributed by atoms with Crippen molar-refractivity contribution in [2.24, 2.45) is 0 Å². The molecule has 5 atom stereocenters. The third-order valence-corrected chi connectivity index (χ3v) is 3.82. The van der Waals surface area contributed by atoms with Gasteiger partial charge in [-0.2, -0.15) is 13.1 Å². The van der Waals surface area contributed by atoms with Gasteiger partial charge in [-0.3, -0.25) is 4.18 Å². The molecule has 0 aromatic rings. The second-order valence-electron chi connectivity index (χ2n) is 3.97. The molecule has 10 heteroatoms. The summed E-state index contributed by atoms with van der Waals surface area (Å²) in [5.74, 6) is 0. The highest BCUT2D eigenvalue weighted by Gasteiger charge is 2.58. The summed E-state index contributed by atoms with van der Waals surface area (Å²) in [5.41, 5.74) is -1.88. The van der Waals surface area contributed by atoms with Crippen molar-refractivity contribution >= 4 is 10.3 Å². The molecule has 0 amide bonds. The fourth-order valence-corrected chi connectivity index (χ4v) is 2.92. The number of ether oxygens (including phenoxy) is 1. The molecule has 5 N–H and O–H groups in total. The van der Waals surface area contributed by atoms with Crippen molar-refractivity contribution in [3.05, 3.63) is 0 Å². The zero-order chi connectivity index (χ0) is 12.8. The van der Waals surface area contributed by atoms with E-state index in [-0.39, 0.29) is 0 Å². The van der Waals surface area contributed by atoms with Gasteiger partial charge >= 0.3 is 10.3 Å². The van der Waals surface area contributed by atoms with Gasteiger partial charge in [0, 0.05) is 0 Å². The van der Waals surface area contributed by atoms with Gasteiger partial charge < -0.3 is 25.2 Å². The van der Waals surface area contributed by atoms with Crippen molar-refractivity contribution in [1.29, 1.82) is 0 Å². The van der Waals surface area contributed by atoms with E-state index in [0.717, 1.165) is 0 Å². The van der Waals surface area contributed by atoms with Crippen LogP contribution in [-0.2, 0) is 19.2 Å². The van der Waals surface area contributed by atoms with Crippen LogP contribution < -0.4 is 4.72 Å². The van der Waals surface area contributed by atoms with Crippen molar-refractivity contribution in [1.82, 2.24) is 4.72 Å². The average molecular weight is 271 g/mol. The molecule has 2 aliphatic heterocycles. The number of rotatable bonds is 1. The van der Waals surface area contributed by atoms with Gasteiger partial charge in [0.25, 0.3) is 0 Å². The highest BCUT2D eigenvalue weighted by molar-refractivity contribution is 7.85. The first-order valence-corrected chi connectivity index (χ1v) is 6.23. The predicted octanol–water partition coefficient (Wildman–Crippen LogP) is -3.98. The highest BCUT2D eigenvalue weighted by Crippen LogP contribution is 2.32. The molecule has 2 rings (SSSR count). The third-order valence-electron chi connectivity index (χ3n) is 2.80. The molecule has 0 saturated carbocycles. The molecule has 100 valence electrons. The largest absolute Gasteiger partial charge is 0.394 e. The number of aliphatic hydroxyl groups excluding tert-OH is 4. The van der Waals surface area contributed by atoms with Crippen molar-refractivity contribution < 1.29 is 37.8 Å². The van der Waals surface area contributed by atoms with Crippen LogP contribution in [0.1, 0.15) is 0 Å². The molecule has 0 aromatic heterocycles. The summed E-state index contributed by atoms with van der Waals surface area (Å²) in [6.07, 6.45) is -6.12. The zero-order valence-electron chi connectivity index (χ0n) is 8.55. The van der Waals surface area contributed by atoms with E-state index in [4.69, 9.17) is 9.84 Å². The van der Waals surface area contributed by atoms with E-state index in [2.05, 4.69) is 4.18 Å². The summed E-state index contributed by atoms with van der Waals surface area (Å²) >= 11 is 0. The van der Waals surface area contributed by atoms with Crippen molar-refractivity contribution in [3.63, 3.8) is 0 Å². The molecule has 0 aromatic carbocycles. The second-order valence-corrected chi connectivity index (χ2v) is 5.32. The molecule has 1 spiro atoms. The molecule has 0 bridgehead atoms. The lowest BCUT2D eigenvalue weighted by molar-refractivity contribution is -0.278. The monoisotopic (exact) mass is 271 g/mol. The maximum absolute atomic E-state index is 11.1. The van der Waals surface area contributed by atoms with E-state index in [1.54, 1.807) is 0 Å². The molecule has 2 saturated heterocycles. The Bertz CT molecular complexity index is 397. The number of aliphatic hydroxyl groups is 4. The lowest BCUT2D eigenvalue weighted by Gasteiger charge is -2.44. The molecule has 2 fully saturated rings. The fraction of sp³-hybridized carbons (Fsp3) is 1.00. The molecule has 0 radical (unpaired) electrons. The highest BCUT2D eigenvalue weighted by atomic mass is 32.2. The minimum absolute atomic E-state index is 0.559. The molecule has 3 unspecified atom stereocenters. The zero-order valence-corrected chi connectivity index (χ0v) is 9.37. The average Bonchev–Trinajstić information content (AvgIpc) is 2.58. The topological polar surface area (TPSA) is 146 Å². The van der Waals surface area contributed by atoms with Gasteiger partial charge in [0.15, 0.2) is 5.72 Å².